The van der Waals surface area contributed by atoms with Crippen LogP contribution in [0.5, 0.6) is 0 Å². The number of hydrogen-bond acceptors (Lipinski definition) is 2. The fourth-order valence-corrected chi connectivity index (χ4v) is 0. The summed E-state index contributed by atoms with van der Waals surface area (Å²) in [5, 5.41) is 0. The molecule has 1 atom stereocenters. The summed E-state index contributed by atoms with van der Waals surface area (Å²) in [4.78, 5) is 0. The van der Waals surface area contributed by atoms with Gasteiger partial charge in [0.25, 0.3) is 0 Å². The Bertz CT molecular complexity index is 36.5. The molecule has 0 aromatic rings. The monoisotopic (exact) mass is 394 g/mol. The van der Waals surface area contributed by atoms with Crippen LogP contribution in [0.4, 0.5) is 0 Å². The van der Waals surface area contributed by atoms with Gasteiger partial charge in [-0.25, -0.2) is 0 Å². The summed E-state index contributed by atoms with van der Waals surface area (Å²) < 4.78 is 18.0. The van der Waals surface area contributed by atoms with Gasteiger partial charge in [-0.1, -0.05) is 11.1 Å². The Labute approximate surface area is 101 Å². The molecular weight excluding hydrogens is 391 g/mol. The second-order valence-corrected chi connectivity index (χ2v) is 1.20. The molecular formula is CH3O2RaSY-. The Kier molecular flexibility index (Phi) is 28.1. The normalized spacial score (nSPS) is 10.3. The number of hydrogen-bond donors (Lipinski definition) is 0. The van der Waals surface area contributed by atoms with E-state index in [0.29, 0.717) is 0 Å². The summed E-state index contributed by atoms with van der Waals surface area (Å²) in [5.41, 5.74) is 0. The van der Waals surface area contributed by atoms with Gasteiger partial charge in [0.05, 0.1) is 0 Å². The third kappa shape index (κ3) is 30.0. The first-order valence-electron chi connectivity index (χ1n) is 0.742. The van der Waals surface area contributed by atoms with Crippen molar-refractivity contribution in [3.05, 3.63) is 0 Å². The van der Waals surface area contributed by atoms with Crippen molar-refractivity contribution in [2.24, 2.45) is 0 Å². The van der Waals surface area contributed by atoms with Crippen LogP contribution < -0.4 is 0 Å². The third-order valence-corrected chi connectivity index (χ3v) is 0. The molecule has 0 N–H and O–H groups in total. The molecule has 0 aromatic carbocycles. The fourth-order valence-electron chi connectivity index (χ4n) is 0. The van der Waals surface area contributed by atoms with Crippen molar-refractivity contribution in [2.75, 3.05) is 6.26 Å². The molecule has 6 heavy (non-hydrogen) atoms. The van der Waals surface area contributed by atoms with Crippen molar-refractivity contribution in [1.29, 1.82) is 0 Å². The molecule has 3 radical (unpaired) electrons. The largest absolute Gasteiger partial charge is 0.773 e. The molecule has 0 aliphatic carbocycles. The SMILES string of the molecule is CS(=O)[O-].[Ra].[Y]. The zero-order valence-corrected chi connectivity index (χ0v) is 13.0. The van der Waals surface area contributed by atoms with Gasteiger partial charge in [-0.15, -0.1) is 0 Å². The van der Waals surface area contributed by atoms with Crippen LogP contribution in [0.2, 0.25) is 0 Å². The Morgan fingerprint density at radius 3 is 1.67 bits per heavy atom. The molecule has 0 aromatic heterocycles. The van der Waals surface area contributed by atoms with E-state index < -0.39 is 11.1 Å². The maximum atomic E-state index is 9.00. The minimum absolute atomic E-state index is 0. The molecule has 31 valence electrons. The van der Waals surface area contributed by atoms with Gasteiger partial charge >= 0.3 is 0 Å². The first kappa shape index (κ1) is 15.9. The second-order valence-electron chi connectivity index (χ2n) is 0.401. The minimum Gasteiger partial charge on any atom is -0.773 e. The topological polar surface area (TPSA) is 40.1 Å². The fraction of sp³-hybridized carbons (Fsp3) is 1.00. The predicted octanol–water partition coefficient (Wildman–Crippen LogP) is -0.507. The summed E-state index contributed by atoms with van der Waals surface area (Å²) >= 11 is -1.86. The Balaban J connectivity index is -0.0000000450. The van der Waals surface area contributed by atoms with Crippen molar-refractivity contribution in [3.8, 4) is 0 Å². The molecule has 0 rings (SSSR count). The predicted molar refractivity (Wildman–Crippen MR) is 14.8 cm³/mol. The van der Waals surface area contributed by atoms with Crippen LogP contribution >= 0.6 is 0 Å². The Hall–Kier alpha value is 2.68. The van der Waals surface area contributed by atoms with Crippen molar-refractivity contribution in [1.82, 2.24) is 0 Å². The van der Waals surface area contributed by atoms with E-state index in [4.69, 9.17) is 8.76 Å². The quantitative estimate of drug-likeness (QED) is 0.520. The molecule has 1 unspecified atom stereocenters. The Morgan fingerprint density at radius 2 is 1.67 bits per heavy atom. The van der Waals surface area contributed by atoms with E-state index in [2.05, 4.69) is 0 Å². The second kappa shape index (κ2) is 10.6. The van der Waals surface area contributed by atoms with E-state index in [1.54, 1.807) is 0 Å². The molecule has 0 bridgehead atoms. The van der Waals surface area contributed by atoms with Gasteiger partial charge in [-0.05, 0) is 6.26 Å². The van der Waals surface area contributed by atoms with Crippen LogP contribution in [0.1, 0.15) is 0 Å². The van der Waals surface area contributed by atoms with E-state index in [1.807, 2.05) is 0 Å². The van der Waals surface area contributed by atoms with E-state index in [0.717, 1.165) is 6.26 Å². The molecule has 0 aliphatic heterocycles. The van der Waals surface area contributed by atoms with Gasteiger partial charge in [0, 0.05) is 77.7 Å². The van der Waals surface area contributed by atoms with Crippen molar-refractivity contribution in [3.63, 3.8) is 0 Å². The smallest absolute Gasteiger partial charge is 0 e. The van der Waals surface area contributed by atoms with Crippen molar-refractivity contribution >= 4 is 11.1 Å². The minimum atomic E-state index is -1.86. The first-order valence-corrected chi connectivity index (χ1v) is 2.22. The van der Waals surface area contributed by atoms with Gasteiger partial charge in [-0.2, -0.15) is 0 Å². The average Bonchev–Trinajstić information content (AvgIpc) is 0.811. The van der Waals surface area contributed by atoms with Crippen molar-refractivity contribution in [2.45, 2.75) is 0 Å². The van der Waals surface area contributed by atoms with Crippen LogP contribution in [-0.4, -0.2) is 15.0 Å². The van der Waals surface area contributed by atoms with Crippen LogP contribution in [0, 0.1) is 45.0 Å². The number of rotatable bonds is 0. The van der Waals surface area contributed by atoms with Crippen LogP contribution in [0.3, 0.4) is 0 Å². The maximum absolute atomic E-state index is 9.00. The van der Waals surface area contributed by atoms with Crippen molar-refractivity contribution < 1.29 is 86.5 Å². The molecule has 2 nitrogen and oxygen atoms in total. The van der Waals surface area contributed by atoms with Gasteiger partial charge < -0.3 is 4.55 Å². The summed E-state index contributed by atoms with van der Waals surface area (Å²) in [6.45, 7) is 0. The summed E-state index contributed by atoms with van der Waals surface area (Å²) in [6, 6.07) is 0. The van der Waals surface area contributed by atoms with Crippen LogP contribution in [-0.2, 0) is 43.8 Å². The maximum Gasteiger partial charge on any atom is 0 e. The average molecular weight is 394 g/mol. The van der Waals surface area contributed by atoms with Gasteiger partial charge in [-0.3, -0.25) is 4.21 Å². The van der Waals surface area contributed by atoms with E-state index in [1.165, 1.54) is 0 Å². The summed E-state index contributed by atoms with van der Waals surface area (Å²) in [6.07, 6.45) is 1.08. The molecule has 0 saturated heterocycles. The first-order chi connectivity index (χ1) is 1.73. The van der Waals surface area contributed by atoms with E-state index in [-0.39, 0.29) is 77.7 Å². The summed E-state index contributed by atoms with van der Waals surface area (Å²) in [5.74, 6) is 0. The standard InChI is InChI=1S/CH4O2S.Ra.Y/c1-4(2)3;;/h1H3,(H,2,3);;/p-1. The molecule has 0 amide bonds. The molecule has 0 fully saturated rings. The van der Waals surface area contributed by atoms with Crippen LogP contribution in [0.25, 0.3) is 0 Å². The zero-order valence-electron chi connectivity index (χ0n) is 3.51. The summed E-state index contributed by atoms with van der Waals surface area (Å²) in [7, 11) is 0. The molecule has 0 spiro atoms. The zero-order chi connectivity index (χ0) is 3.58. The van der Waals surface area contributed by atoms with Crippen LogP contribution in [0.15, 0.2) is 0 Å². The molecule has 5 heteroatoms. The van der Waals surface area contributed by atoms with E-state index >= 15 is 0 Å². The van der Waals surface area contributed by atoms with Gasteiger partial charge in [0.1, 0.15) is 0 Å². The molecule has 0 heterocycles. The Morgan fingerprint density at radius 1 is 1.67 bits per heavy atom. The van der Waals surface area contributed by atoms with Gasteiger partial charge in [0.15, 0.2) is 0 Å². The van der Waals surface area contributed by atoms with Gasteiger partial charge in [0.2, 0.25) is 0 Å². The third-order valence-electron chi connectivity index (χ3n) is 0. The molecule has 0 saturated carbocycles. The van der Waals surface area contributed by atoms with E-state index in [9.17, 15) is 0 Å². The molecule has 0 aliphatic rings.